The molecule has 0 unspecified atom stereocenters. The molecule has 2 nitrogen and oxygen atoms in total. The fraction of sp³-hybridized carbons (Fsp3) is 0.250. The lowest BCUT2D eigenvalue weighted by Gasteiger charge is -1.74. The Hall–Kier alpha value is -0.240. The lowest BCUT2D eigenvalue weighted by atomic mass is 10.4. The summed E-state index contributed by atoms with van der Waals surface area (Å²) in [5.41, 5.74) is 4.73. The summed E-state index contributed by atoms with van der Waals surface area (Å²) in [5.74, 6) is 2.14. The Morgan fingerprint density at radius 2 is 2.43 bits per heavy atom. The van der Waals surface area contributed by atoms with Gasteiger partial charge >= 0.3 is 0 Å². The minimum atomic E-state index is -0.371. The Kier molecular flexibility index (Phi) is 3.80. The molecule has 0 radical (unpaired) electrons. The van der Waals surface area contributed by atoms with Gasteiger partial charge in [-0.25, -0.2) is 0 Å². The molecule has 0 aromatic heterocycles. The summed E-state index contributed by atoms with van der Waals surface area (Å²) in [5, 5.41) is 0. The van der Waals surface area contributed by atoms with Crippen LogP contribution in [0, 0.1) is 9.85 Å². The number of halogens is 1. The third-order valence-corrected chi connectivity index (χ3v) is 0.711. The van der Waals surface area contributed by atoms with Crippen molar-refractivity contribution >= 4 is 28.5 Å². The summed E-state index contributed by atoms with van der Waals surface area (Å²) in [4.78, 5) is 9.87. The molecule has 0 saturated carbocycles. The van der Waals surface area contributed by atoms with E-state index in [-0.39, 0.29) is 12.3 Å². The minimum absolute atomic E-state index is 0.170. The van der Waals surface area contributed by atoms with Crippen molar-refractivity contribution in [1.82, 2.24) is 0 Å². The second kappa shape index (κ2) is 3.93. The fourth-order valence-corrected chi connectivity index (χ4v) is 0.311. The van der Waals surface area contributed by atoms with Crippen molar-refractivity contribution in [2.45, 2.75) is 6.42 Å². The molecule has 0 aromatic carbocycles. The lowest BCUT2D eigenvalue weighted by molar-refractivity contribution is -0.117. The van der Waals surface area contributed by atoms with Crippen LogP contribution in [0.3, 0.4) is 0 Å². The van der Waals surface area contributed by atoms with Gasteiger partial charge in [0.2, 0.25) is 5.91 Å². The normalized spacial score (nSPS) is 6.43. The van der Waals surface area contributed by atoms with Crippen molar-refractivity contribution in [3.8, 4) is 9.85 Å². The lowest BCUT2D eigenvalue weighted by Crippen LogP contribution is -2.08. The molecule has 0 fully saturated rings. The Morgan fingerprint density at radius 3 is 2.57 bits per heavy atom. The molecule has 0 saturated heterocycles. The van der Waals surface area contributed by atoms with E-state index in [0.717, 1.165) is 0 Å². The van der Waals surface area contributed by atoms with Gasteiger partial charge in [0.15, 0.2) is 0 Å². The van der Waals surface area contributed by atoms with E-state index in [9.17, 15) is 4.79 Å². The molecular formula is C4H4INO. The molecule has 0 atom stereocenters. The summed E-state index contributed by atoms with van der Waals surface area (Å²) in [6.45, 7) is 0. The quantitative estimate of drug-likeness (QED) is 0.488. The first-order chi connectivity index (χ1) is 3.27. The van der Waals surface area contributed by atoms with Gasteiger partial charge in [0, 0.05) is 22.6 Å². The standard InChI is InChI=1S/C4H4INO/c5-3-1-2-4(6)7/h2H2,(H2,6,7). The maximum atomic E-state index is 9.87. The maximum absolute atomic E-state index is 9.87. The average Bonchev–Trinajstić information content (AvgIpc) is 1.61. The SMILES string of the molecule is NC(=O)CC#CI. The Balaban J connectivity index is 3.26. The monoisotopic (exact) mass is 209 g/mol. The van der Waals surface area contributed by atoms with Crippen LogP contribution in [0.5, 0.6) is 0 Å². The van der Waals surface area contributed by atoms with Gasteiger partial charge in [-0.2, -0.15) is 0 Å². The predicted octanol–water partition coefficient (Wildman–Crippen LogP) is 0.258. The Morgan fingerprint density at radius 1 is 1.86 bits per heavy atom. The zero-order chi connectivity index (χ0) is 5.70. The molecule has 0 aliphatic carbocycles. The molecule has 0 aromatic rings. The van der Waals surface area contributed by atoms with Gasteiger partial charge < -0.3 is 5.73 Å². The van der Waals surface area contributed by atoms with Crippen LogP contribution < -0.4 is 5.73 Å². The van der Waals surface area contributed by atoms with Crippen LogP contribution >= 0.6 is 22.6 Å². The van der Waals surface area contributed by atoms with Gasteiger partial charge in [-0.1, -0.05) is 5.92 Å². The van der Waals surface area contributed by atoms with Gasteiger partial charge in [-0.05, 0) is 3.93 Å². The predicted molar refractivity (Wildman–Crippen MR) is 35.6 cm³/mol. The van der Waals surface area contributed by atoms with E-state index in [2.05, 4.69) is 9.85 Å². The first-order valence-electron chi connectivity index (χ1n) is 1.64. The van der Waals surface area contributed by atoms with Crippen molar-refractivity contribution in [1.29, 1.82) is 0 Å². The zero-order valence-corrected chi connectivity index (χ0v) is 5.73. The molecule has 1 amide bonds. The van der Waals surface area contributed by atoms with Crippen LogP contribution in [-0.4, -0.2) is 5.91 Å². The highest BCUT2D eigenvalue weighted by Gasteiger charge is 1.82. The second-order valence-electron chi connectivity index (χ2n) is 0.914. The highest BCUT2D eigenvalue weighted by molar-refractivity contribution is 14.1. The van der Waals surface area contributed by atoms with E-state index in [0.29, 0.717) is 0 Å². The Bertz CT molecular complexity index is 121. The van der Waals surface area contributed by atoms with E-state index in [1.807, 2.05) is 22.6 Å². The zero-order valence-electron chi connectivity index (χ0n) is 3.57. The molecule has 38 valence electrons. The highest BCUT2D eigenvalue weighted by Crippen LogP contribution is 1.74. The smallest absolute Gasteiger partial charge is 0.229 e. The number of amides is 1. The summed E-state index contributed by atoms with van der Waals surface area (Å²) in [6.07, 6.45) is 0.170. The van der Waals surface area contributed by atoms with E-state index in [4.69, 9.17) is 5.73 Å². The van der Waals surface area contributed by atoms with E-state index in [1.165, 1.54) is 0 Å². The molecule has 3 heteroatoms. The van der Waals surface area contributed by atoms with Crippen LogP contribution in [0.25, 0.3) is 0 Å². The van der Waals surface area contributed by atoms with E-state index in [1.54, 1.807) is 0 Å². The first-order valence-corrected chi connectivity index (χ1v) is 2.72. The van der Waals surface area contributed by atoms with Crippen molar-refractivity contribution in [2.24, 2.45) is 5.73 Å². The van der Waals surface area contributed by atoms with Crippen LogP contribution in [-0.2, 0) is 4.79 Å². The minimum Gasteiger partial charge on any atom is -0.369 e. The number of carbonyl (C=O) groups excluding carboxylic acids is 1. The molecule has 0 spiro atoms. The number of rotatable bonds is 1. The van der Waals surface area contributed by atoms with Crippen molar-refractivity contribution in [2.75, 3.05) is 0 Å². The van der Waals surface area contributed by atoms with Crippen molar-refractivity contribution in [3.63, 3.8) is 0 Å². The molecule has 0 aliphatic heterocycles. The van der Waals surface area contributed by atoms with Gasteiger partial charge in [0.25, 0.3) is 0 Å². The van der Waals surface area contributed by atoms with Gasteiger partial charge in [0.05, 0.1) is 6.42 Å². The van der Waals surface area contributed by atoms with Crippen molar-refractivity contribution in [3.05, 3.63) is 0 Å². The molecule has 0 bridgehead atoms. The van der Waals surface area contributed by atoms with Gasteiger partial charge in [0.1, 0.15) is 0 Å². The second-order valence-corrected chi connectivity index (χ2v) is 1.45. The molecule has 0 aliphatic rings. The maximum Gasteiger partial charge on any atom is 0.229 e. The Labute approximate surface area is 55.6 Å². The van der Waals surface area contributed by atoms with Crippen LogP contribution in [0.2, 0.25) is 0 Å². The van der Waals surface area contributed by atoms with Gasteiger partial charge in [-0.3, -0.25) is 4.79 Å². The largest absolute Gasteiger partial charge is 0.369 e. The van der Waals surface area contributed by atoms with E-state index < -0.39 is 0 Å². The summed E-state index contributed by atoms with van der Waals surface area (Å²) >= 11 is 1.85. The molecule has 0 rings (SSSR count). The first kappa shape index (κ1) is 6.76. The average molecular weight is 209 g/mol. The molecular weight excluding hydrogens is 205 g/mol. The number of nitrogens with two attached hydrogens (primary N) is 1. The van der Waals surface area contributed by atoms with E-state index >= 15 is 0 Å². The molecule has 2 N–H and O–H groups in total. The summed E-state index contributed by atoms with van der Waals surface area (Å²) < 4.78 is 2.52. The number of hydrogen-bond acceptors (Lipinski definition) is 1. The van der Waals surface area contributed by atoms with Crippen LogP contribution in [0.4, 0.5) is 0 Å². The fourth-order valence-electron chi connectivity index (χ4n) is 0.121. The molecule has 7 heavy (non-hydrogen) atoms. The topological polar surface area (TPSA) is 43.1 Å². The van der Waals surface area contributed by atoms with Gasteiger partial charge in [-0.15, -0.1) is 0 Å². The number of hydrogen-bond donors (Lipinski definition) is 1. The van der Waals surface area contributed by atoms with Crippen LogP contribution in [0.15, 0.2) is 0 Å². The molecule has 0 heterocycles. The van der Waals surface area contributed by atoms with Crippen molar-refractivity contribution < 1.29 is 4.79 Å². The van der Waals surface area contributed by atoms with Crippen LogP contribution in [0.1, 0.15) is 6.42 Å². The summed E-state index contributed by atoms with van der Waals surface area (Å²) in [7, 11) is 0. The third-order valence-electron chi connectivity index (χ3n) is 0.329. The highest BCUT2D eigenvalue weighted by atomic mass is 127. The summed E-state index contributed by atoms with van der Waals surface area (Å²) in [6, 6.07) is 0. The third kappa shape index (κ3) is 5.76. The number of primary amides is 1. The number of carbonyl (C=O) groups is 1.